The predicted octanol–water partition coefficient (Wildman–Crippen LogP) is 1.42. The Labute approximate surface area is 101 Å². The third-order valence-electron chi connectivity index (χ3n) is 3.56. The first-order valence-electron chi connectivity index (χ1n) is 5.63. The SMILES string of the molecule is NS(=O)(=O)c1ccc2c(c1)[C@H]1C=CC[C@H]1CN2. The van der Waals surface area contributed by atoms with Crippen molar-refractivity contribution >= 4 is 15.7 Å². The monoisotopic (exact) mass is 250 g/mol. The lowest BCUT2D eigenvalue weighted by molar-refractivity contribution is 0.521. The van der Waals surface area contributed by atoms with Crippen LogP contribution in [0.25, 0.3) is 0 Å². The Balaban J connectivity index is 2.13. The van der Waals surface area contributed by atoms with Gasteiger partial charge in [-0.05, 0) is 36.1 Å². The molecule has 1 aliphatic carbocycles. The number of rotatable bonds is 1. The average Bonchev–Trinajstić information content (AvgIpc) is 2.75. The van der Waals surface area contributed by atoms with Crippen LogP contribution >= 0.6 is 0 Å². The Hall–Kier alpha value is -1.33. The largest absolute Gasteiger partial charge is 0.384 e. The highest BCUT2D eigenvalue weighted by Crippen LogP contribution is 2.42. The Morgan fingerprint density at radius 3 is 2.94 bits per heavy atom. The topological polar surface area (TPSA) is 72.2 Å². The van der Waals surface area contributed by atoms with Crippen LogP contribution in [-0.2, 0) is 10.0 Å². The third kappa shape index (κ3) is 1.75. The van der Waals surface area contributed by atoms with Crippen LogP contribution in [0, 0.1) is 5.92 Å². The van der Waals surface area contributed by atoms with Crippen molar-refractivity contribution in [2.24, 2.45) is 11.1 Å². The molecule has 2 atom stereocenters. The van der Waals surface area contributed by atoms with Crippen LogP contribution in [0.4, 0.5) is 5.69 Å². The minimum atomic E-state index is -3.62. The number of benzene rings is 1. The number of nitrogens with one attached hydrogen (secondary N) is 1. The number of hydrogen-bond acceptors (Lipinski definition) is 3. The van der Waals surface area contributed by atoms with Crippen molar-refractivity contribution in [2.75, 3.05) is 11.9 Å². The molecule has 0 aromatic heterocycles. The highest BCUT2D eigenvalue weighted by atomic mass is 32.2. The van der Waals surface area contributed by atoms with E-state index in [1.165, 1.54) is 0 Å². The van der Waals surface area contributed by atoms with Crippen LogP contribution in [-0.4, -0.2) is 15.0 Å². The molecule has 0 spiro atoms. The van der Waals surface area contributed by atoms with Gasteiger partial charge in [-0.2, -0.15) is 0 Å². The minimum absolute atomic E-state index is 0.194. The highest BCUT2D eigenvalue weighted by Gasteiger charge is 2.30. The highest BCUT2D eigenvalue weighted by molar-refractivity contribution is 7.89. The fourth-order valence-corrected chi connectivity index (χ4v) is 3.22. The number of nitrogens with two attached hydrogens (primary N) is 1. The van der Waals surface area contributed by atoms with Crippen LogP contribution in [0.5, 0.6) is 0 Å². The lowest BCUT2D eigenvalue weighted by Crippen LogP contribution is -2.25. The minimum Gasteiger partial charge on any atom is -0.384 e. The molecule has 17 heavy (non-hydrogen) atoms. The zero-order valence-corrected chi connectivity index (χ0v) is 10.1. The molecular weight excluding hydrogens is 236 g/mol. The summed E-state index contributed by atoms with van der Waals surface area (Å²) >= 11 is 0. The Bertz CT molecular complexity index is 593. The molecule has 1 heterocycles. The van der Waals surface area contributed by atoms with E-state index in [0.717, 1.165) is 24.2 Å². The molecular formula is C12H14N2O2S. The normalized spacial score (nSPS) is 26.2. The molecule has 0 radical (unpaired) electrons. The summed E-state index contributed by atoms with van der Waals surface area (Å²) in [6.45, 7) is 0.944. The van der Waals surface area contributed by atoms with E-state index in [0.29, 0.717) is 11.8 Å². The molecule has 5 heteroatoms. The summed E-state index contributed by atoms with van der Waals surface area (Å²) < 4.78 is 22.7. The Morgan fingerprint density at radius 2 is 2.18 bits per heavy atom. The van der Waals surface area contributed by atoms with Gasteiger partial charge in [0.2, 0.25) is 10.0 Å². The first-order chi connectivity index (χ1) is 8.05. The number of fused-ring (bicyclic) bond motifs is 3. The van der Waals surface area contributed by atoms with Gasteiger partial charge < -0.3 is 5.32 Å². The second-order valence-electron chi connectivity index (χ2n) is 4.62. The Kier molecular flexibility index (Phi) is 2.27. The van der Waals surface area contributed by atoms with E-state index >= 15 is 0 Å². The number of sulfonamides is 1. The van der Waals surface area contributed by atoms with Crippen molar-refractivity contribution in [1.82, 2.24) is 0 Å². The standard InChI is InChI=1S/C12H14N2O2S/c13-17(15,16)9-4-5-12-11(6-9)10-3-1-2-8(10)7-14-12/h1,3-6,8,10,14H,2,7H2,(H2,13,15,16)/t8-,10-/m0/s1. The molecule has 90 valence electrons. The molecule has 3 N–H and O–H groups in total. The first-order valence-corrected chi connectivity index (χ1v) is 7.17. The fraction of sp³-hybridized carbons (Fsp3) is 0.333. The lowest BCUT2D eigenvalue weighted by atomic mass is 9.85. The Morgan fingerprint density at radius 1 is 1.35 bits per heavy atom. The molecule has 0 amide bonds. The predicted molar refractivity (Wildman–Crippen MR) is 66.3 cm³/mol. The summed E-state index contributed by atoms with van der Waals surface area (Å²) in [4.78, 5) is 0.194. The average molecular weight is 250 g/mol. The van der Waals surface area contributed by atoms with Crippen LogP contribution < -0.4 is 10.5 Å². The molecule has 1 aromatic carbocycles. The molecule has 0 fully saturated rings. The summed E-state index contributed by atoms with van der Waals surface area (Å²) in [6.07, 6.45) is 5.38. The van der Waals surface area contributed by atoms with Gasteiger partial charge in [-0.25, -0.2) is 13.6 Å². The maximum Gasteiger partial charge on any atom is 0.238 e. The van der Waals surface area contributed by atoms with Crippen molar-refractivity contribution in [2.45, 2.75) is 17.2 Å². The van der Waals surface area contributed by atoms with Gasteiger partial charge in [0.1, 0.15) is 0 Å². The molecule has 0 bridgehead atoms. The van der Waals surface area contributed by atoms with Gasteiger partial charge in [-0.3, -0.25) is 0 Å². The van der Waals surface area contributed by atoms with Gasteiger partial charge in [-0.1, -0.05) is 12.2 Å². The summed E-state index contributed by atoms with van der Waals surface area (Å²) in [5.41, 5.74) is 2.06. The second-order valence-corrected chi connectivity index (χ2v) is 6.19. The van der Waals surface area contributed by atoms with E-state index in [9.17, 15) is 8.42 Å². The van der Waals surface area contributed by atoms with Crippen molar-refractivity contribution in [1.29, 1.82) is 0 Å². The van der Waals surface area contributed by atoms with Crippen LogP contribution in [0.2, 0.25) is 0 Å². The molecule has 1 aliphatic heterocycles. The molecule has 0 unspecified atom stereocenters. The van der Waals surface area contributed by atoms with Gasteiger partial charge in [0, 0.05) is 18.2 Å². The third-order valence-corrected chi connectivity index (χ3v) is 4.47. The number of allylic oxidation sites excluding steroid dienone is 2. The molecule has 2 aliphatic rings. The van der Waals surface area contributed by atoms with E-state index in [-0.39, 0.29) is 4.90 Å². The summed E-state index contributed by atoms with van der Waals surface area (Å²) in [5.74, 6) is 0.867. The van der Waals surface area contributed by atoms with E-state index in [1.807, 2.05) is 0 Å². The molecule has 0 saturated carbocycles. The van der Waals surface area contributed by atoms with Gasteiger partial charge >= 0.3 is 0 Å². The van der Waals surface area contributed by atoms with E-state index in [4.69, 9.17) is 5.14 Å². The van der Waals surface area contributed by atoms with Crippen LogP contribution in [0.15, 0.2) is 35.2 Å². The van der Waals surface area contributed by atoms with Crippen LogP contribution in [0.1, 0.15) is 17.9 Å². The smallest absolute Gasteiger partial charge is 0.238 e. The van der Waals surface area contributed by atoms with Gasteiger partial charge in [-0.15, -0.1) is 0 Å². The van der Waals surface area contributed by atoms with E-state index in [2.05, 4.69) is 17.5 Å². The zero-order valence-electron chi connectivity index (χ0n) is 9.26. The van der Waals surface area contributed by atoms with Gasteiger partial charge in [0.05, 0.1) is 4.90 Å². The van der Waals surface area contributed by atoms with Gasteiger partial charge in [0.15, 0.2) is 0 Å². The zero-order chi connectivity index (χ0) is 12.0. The van der Waals surface area contributed by atoms with Crippen molar-refractivity contribution < 1.29 is 8.42 Å². The summed E-state index contributed by atoms with van der Waals surface area (Å²) in [5, 5.41) is 8.50. The van der Waals surface area contributed by atoms with Crippen molar-refractivity contribution in [3.05, 3.63) is 35.9 Å². The van der Waals surface area contributed by atoms with E-state index in [1.54, 1.807) is 18.2 Å². The summed E-state index contributed by atoms with van der Waals surface area (Å²) in [7, 11) is -3.62. The first kappa shape index (κ1) is 10.8. The molecule has 3 rings (SSSR count). The van der Waals surface area contributed by atoms with Crippen molar-refractivity contribution in [3.8, 4) is 0 Å². The number of hydrogen-bond donors (Lipinski definition) is 2. The maximum absolute atomic E-state index is 11.4. The molecule has 1 aromatic rings. The molecule has 4 nitrogen and oxygen atoms in total. The number of primary sulfonamides is 1. The molecule has 0 saturated heterocycles. The second kappa shape index (κ2) is 3.58. The van der Waals surface area contributed by atoms with Crippen molar-refractivity contribution in [3.63, 3.8) is 0 Å². The lowest BCUT2D eigenvalue weighted by Gasteiger charge is -2.29. The quantitative estimate of drug-likeness (QED) is 0.740. The fourth-order valence-electron chi connectivity index (χ4n) is 2.67. The number of anilines is 1. The van der Waals surface area contributed by atoms with E-state index < -0.39 is 10.0 Å². The summed E-state index contributed by atoms with van der Waals surface area (Å²) in [6, 6.07) is 5.06. The van der Waals surface area contributed by atoms with Gasteiger partial charge in [0.25, 0.3) is 0 Å². The maximum atomic E-state index is 11.4. The van der Waals surface area contributed by atoms with Crippen LogP contribution in [0.3, 0.4) is 0 Å².